The number of hydrogen-bond donors (Lipinski definition) is 0. The lowest BCUT2D eigenvalue weighted by Gasteiger charge is -2.16. The van der Waals surface area contributed by atoms with Gasteiger partial charge < -0.3 is 4.57 Å². The first-order valence-corrected chi connectivity index (χ1v) is 6.79. The minimum Gasteiger partial charge on any atom is -0.343 e. The van der Waals surface area contributed by atoms with Crippen LogP contribution in [0.1, 0.15) is 17.3 Å². The predicted molar refractivity (Wildman–Crippen MR) is 84.6 cm³/mol. The van der Waals surface area contributed by atoms with Crippen molar-refractivity contribution in [2.45, 2.75) is 6.92 Å². The van der Waals surface area contributed by atoms with Crippen LogP contribution in [0.5, 0.6) is 0 Å². The second kappa shape index (κ2) is 5.02. The highest BCUT2D eigenvalue weighted by Crippen LogP contribution is 2.25. The first kappa shape index (κ1) is 13.3. The molecule has 0 aliphatic rings. The lowest BCUT2D eigenvalue weighted by molar-refractivity contribution is 0.101. The van der Waals surface area contributed by atoms with Gasteiger partial charge in [0.1, 0.15) is 0 Å². The summed E-state index contributed by atoms with van der Waals surface area (Å²) in [5.41, 5.74) is 2.42. The zero-order chi connectivity index (χ0) is 15.0. The SMILES string of the molecule is CC(=O)c1c(-c2ccccc2)n(C)c2ccccc2c1=O. The van der Waals surface area contributed by atoms with E-state index in [1.807, 2.05) is 60.1 Å². The highest BCUT2D eigenvalue weighted by Gasteiger charge is 2.19. The van der Waals surface area contributed by atoms with Crippen LogP contribution in [0.3, 0.4) is 0 Å². The van der Waals surface area contributed by atoms with Gasteiger partial charge in [-0.1, -0.05) is 42.5 Å². The molecule has 104 valence electrons. The number of carbonyl (C=O) groups excluding carboxylic acids is 1. The monoisotopic (exact) mass is 277 g/mol. The molecule has 1 heterocycles. The zero-order valence-corrected chi connectivity index (χ0v) is 12.0. The fourth-order valence-electron chi connectivity index (χ4n) is 2.75. The van der Waals surface area contributed by atoms with Crippen LogP contribution in [0.15, 0.2) is 59.4 Å². The number of Topliss-reactive ketones (excluding diaryl/α,β-unsaturated/α-hetero) is 1. The van der Waals surface area contributed by atoms with Crippen LogP contribution in [0.4, 0.5) is 0 Å². The van der Waals surface area contributed by atoms with Gasteiger partial charge in [0.25, 0.3) is 0 Å². The Morgan fingerprint density at radius 1 is 0.952 bits per heavy atom. The van der Waals surface area contributed by atoms with E-state index in [9.17, 15) is 9.59 Å². The summed E-state index contributed by atoms with van der Waals surface area (Å²) in [6.07, 6.45) is 0. The second-order valence-electron chi connectivity index (χ2n) is 5.05. The van der Waals surface area contributed by atoms with E-state index in [1.165, 1.54) is 6.92 Å². The van der Waals surface area contributed by atoms with Crippen molar-refractivity contribution in [3.63, 3.8) is 0 Å². The van der Waals surface area contributed by atoms with E-state index in [0.29, 0.717) is 11.1 Å². The third kappa shape index (κ3) is 2.07. The Hall–Kier alpha value is -2.68. The molecule has 2 aromatic carbocycles. The number of pyridine rings is 1. The minimum absolute atomic E-state index is 0.199. The summed E-state index contributed by atoms with van der Waals surface area (Å²) in [5.74, 6) is -0.208. The normalized spacial score (nSPS) is 10.8. The third-order valence-electron chi connectivity index (χ3n) is 3.71. The molecule has 0 spiro atoms. The molecular weight excluding hydrogens is 262 g/mol. The fraction of sp³-hybridized carbons (Fsp3) is 0.111. The van der Waals surface area contributed by atoms with Gasteiger partial charge in [0.15, 0.2) is 5.78 Å². The molecule has 0 unspecified atom stereocenters. The molecule has 0 fully saturated rings. The first-order valence-electron chi connectivity index (χ1n) is 6.79. The molecule has 0 radical (unpaired) electrons. The van der Waals surface area contributed by atoms with Gasteiger partial charge in [-0.3, -0.25) is 9.59 Å². The van der Waals surface area contributed by atoms with Crippen LogP contribution in [-0.4, -0.2) is 10.4 Å². The Labute approximate surface area is 122 Å². The van der Waals surface area contributed by atoms with Crippen molar-refractivity contribution in [1.82, 2.24) is 4.57 Å². The maximum atomic E-state index is 12.7. The molecule has 3 rings (SSSR count). The maximum Gasteiger partial charge on any atom is 0.200 e. The molecule has 0 aliphatic heterocycles. The van der Waals surface area contributed by atoms with Gasteiger partial charge in [-0.25, -0.2) is 0 Å². The lowest BCUT2D eigenvalue weighted by atomic mass is 9.99. The van der Waals surface area contributed by atoms with E-state index in [2.05, 4.69) is 0 Å². The van der Waals surface area contributed by atoms with Crippen molar-refractivity contribution >= 4 is 16.7 Å². The summed E-state index contributed by atoms with van der Waals surface area (Å²) in [5, 5.41) is 0.574. The Balaban J connectivity index is 2.54. The molecule has 3 heteroatoms. The zero-order valence-electron chi connectivity index (χ0n) is 12.0. The van der Waals surface area contributed by atoms with Gasteiger partial charge in [-0.05, 0) is 24.6 Å². The molecule has 0 aliphatic carbocycles. The number of ketones is 1. The van der Waals surface area contributed by atoms with E-state index in [4.69, 9.17) is 0 Å². The number of para-hydroxylation sites is 1. The van der Waals surface area contributed by atoms with E-state index < -0.39 is 0 Å². The number of fused-ring (bicyclic) bond motifs is 1. The Morgan fingerprint density at radius 2 is 1.57 bits per heavy atom. The standard InChI is InChI=1S/C18H15NO2/c1-12(20)16-17(13-8-4-3-5-9-13)19(2)15-11-7-6-10-14(15)18(16)21/h3-11H,1-2H3. The van der Waals surface area contributed by atoms with Gasteiger partial charge in [0, 0.05) is 12.4 Å². The van der Waals surface area contributed by atoms with Crippen molar-refractivity contribution in [3.8, 4) is 11.3 Å². The largest absolute Gasteiger partial charge is 0.343 e. The highest BCUT2D eigenvalue weighted by molar-refractivity contribution is 6.03. The smallest absolute Gasteiger partial charge is 0.200 e. The van der Waals surface area contributed by atoms with Crippen molar-refractivity contribution in [1.29, 1.82) is 0 Å². The molecule has 3 aromatic rings. The molecule has 1 aromatic heterocycles. The molecule has 0 atom stereocenters. The minimum atomic E-state index is -0.208. The molecule has 0 N–H and O–H groups in total. The average Bonchev–Trinajstić information content (AvgIpc) is 2.51. The summed E-state index contributed by atoms with van der Waals surface area (Å²) in [7, 11) is 1.89. The van der Waals surface area contributed by atoms with Crippen molar-refractivity contribution in [2.75, 3.05) is 0 Å². The number of rotatable bonds is 2. The highest BCUT2D eigenvalue weighted by atomic mass is 16.1. The van der Waals surface area contributed by atoms with E-state index in [1.54, 1.807) is 6.07 Å². The van der Waals surface area contributed by atoms with Crippen molar-refractivity contribution in [2.24, 2.45) is 7.05 Å². The predicted octanol–water partition coefficient (Wildman–Crippen LogP) is 3.41. The van der Waals surface area contributed by atoms with Crippen LogP contribution in [-0.2, 0) is 7.05 Å². The molecule has 21 heavy (non-hydrogen) atoms. The number of aromatic nitrogens is 1. The summed E-state index contributed by atoms with van der Waals surface area (Å²) in [4.78, 5) is 24.7. The third-order valence-corrected chi connectivity index (χ3v) is 3.71. The van der Waals surface area contributed by atoms with Crippen LogP contribution in [0, 0.1) is 0 Å². The summed E-state index contributed by atoms with van der Waals surface area (Å²) >= 11 is 0. The summed E-state index contributed by atoms with van der Waals surface area (Å²) in [6, 6.07) is 16.9. The van der Waals surface area contributed by atoms with E-state index in [0.717, 1.165) is 11.1 Å². The quantitative estimate of drug-likeness (QED) is 0.673. The lowest BCUT2D eigenvalue weighted by Crippen LogP contribution is -2.19. The van der Waals surface area contributed by atoms with Crippen molar-refractivity contribution in [3.05, 3.63) is 70.4 Å². The van der Waals surface area contributed by atoms with Crippen LogP contribution < -0.4 is 5.43 Å². The van der Waals surface area contributed by atoms with Gasteiger partial charge in [0.05, 0.1) is 16.8 Å². The summed E-state index contributed by atoms with van der Waals surface area (Å²) in [6.45, 7) is 1.44. The Morgan fingerprint density at radius 3 is 2.24 bits per heavy atom. The number of hydrogen-bond acceptors (Lipinski definition) is 2. The second-order valence-corrected chi connectivity index (χ2v) is 5.05. The number of aryl methyl sites for hydroxylation is 1. The fourth-order valence-corrected chi connectivity index (χ4v) is 2.75. The maximum absolute atomic E-state index is 12.7. The molecule has 0 saturated heterocycles. The van der Waals surface area contributed by atoms with E-state index in [-0.39, 0.29) is 16.8 Å². The van der Waals surface area contributed by atoms with Gasteiger partial charge >= 0.3 is 0 Å². The number of benzene rings is 2. The van der Waals surface area contributed by atoms with Crippen LogP contribution >= 0.6 is 0 Å². The number of nitrogens with zero attached hydrogens (tertiary/aromatic N) is 1. The Bertz CT molecular complexity index is 892. The molecular formula is C18H15NO2. The van der Waals surface area contributed by atoms with Crippen LogP contribution in [0.25, 0.3) is 22.2 Å². The van der Waals surface area contributed by atoms with Gasteiger partial charge in [0.2, 0.25) is 5.43 Å². The van der Waals surface area contributed by atoms with E-state index >= 15 is 0 Å². The Kier molecular flexibility index (Phi) is 3.18. The van der Waals surface area contributed by atoms with Gasteiger partial charge in [-0.15, -0.1) is 0 Å². The molecule has 0 amide bonds. The molecule has 0 saturated carbocycles. The first-order chi connectivity index (χ1) is 10.1. The van der Waals surface area contributed by atoms with Gasteiger partial charge in [-0.2, -0.15) is 0 Å². The molecule has 0 bridgehead atoms. The number of carbonyl (C=O) groups is 1. The van der Waals surface area contributed by atoms with Crippen molar-refractivity contribution < 1.29 is 4.79 Å². The molecule has 3 nitrogen and oxygen atoms in total. The average molecular weight is 277 g/mol. The van der Waals surface area contributed by atoms with Crippen LogP contribution in [0.2, 0.25) is 0 Å². The topological polar surface area (TPSA) is 39.1 Å². The summed E-state index contributed by atoms with van der Waals surface area (Å²) < 4.78 is 1.92.